The minimum absolute atomic E-state index is 0.114. The molecule has 0 amide bonds. The molecule has 0 saturated heterocycles. The molecule has 0 aromatic heterocycles. The van der Waals surface area contributed by atoms with Crippen molar-refractivity contribution in [3.63, 3.8) is 0 Å². The lowest BCUT2D eigenvalue weighted by Gasteiger charge is -1.92. The Labute approximate surface area is 107 Å². The maximum absolute atomic E-state index is 12.5. The van der Waals surface area contributed by atoms with Crippen molar-refractivity contribution in [3.05, 3.63) is 58.9 Å². The minimum Gasteiger partial charge on any atom is -0.207 e. The van der Waals surface area contributed by atoms with Gasteiger partial charge >= 0.3 is 0 Å². The molecule has 1 aromatic rings. The van der Waals surface area contributed by atoms with Gasteiger partial charge in [-0.3, -0.25) is 0 Å². The maximum atomic E-state index is 12.5. The summed E-state index contributed by atoms with van der Waals surface area (Å²) in [5.41, 5.74) is 1.21. The van der Waals surface area contributed by atoms with Crippen LogP contribution in [0.5, 0.6) is 0 Å². The topological polar surface area (TPSA) is 0 Å². The molecule has 0 heterocycles. The molecule has 0 aliphatic heterocycles. The second-order valence-electron chi connectivity index (χ2n) is 3.83. The fraction of sp³-hybridized carbons (Fsp3) is 0.333. The first-order valence-corrected chi connectivity index (χ1v) is 5.83. The Morgan fingerprint density at radius 2 is 1.89 bits per heavy atom. The smallest absolute Gasteiger partial charge is 0.129 e. The first-order chi connectivity index (χ1) is 8.42. The van der Waals surface area contributed by atoms with E-state index in [9.17, 15) is 13.2 Å². The zero-order valence-electron chi connectivity index (χ0n) is 11.2. The number of hydrogen-bond acceptors (Lipinski definition) is 0. The quantitative estimate of drug-likeness (QED) is 0.614. The average molecular weight is 256 g/mol. The molecule has 0 bridgehead atoms. The lowest BCUT2D eigenvalue weighted by molar-refractivity contribution is 0.577. The van der Waals surface area contributed by atoms with Crippen LogP contribution in [0.3, 0.4) is 0 Å². The van der Waals surface area contributed by atoms with Crippen LogP contribution in [0.4, 0.5) is 13.2 Å². The summed E-state index contributed by atoms with van der Waals surface area (Å²) >= 11 is 0. The fourth-order valence-corrected chi connectivity index (χ4v) is 1.20. The maximum Gasteiger partial charge on any atom is 0.129 e. The summed E-state index contributed by atoms with van der Waals surface area (Å²) in [6.45, 7) is 7.06. The van der Waals surface area contributed by atoms with E-state index in [4.69, 9.17) is 0 Å². The molecule has 0 radical (unpaired) electrons. The molecule has 0 aliphatic rings. The minimum atomic E-state index is -0.530. The molecule has 0 atom stereocenters. The highest BCUT2D eigenvalue weighted by atomic mass is 19.1. The fourth-order valence-electron chi connectivity index (χ4n) is 1.20. The third kappa shape index (κ3) is 6.28. The first-order valence-electron chi connectivity index (χ1n) is 5.83. The molecule has 1 rings (SSSR count). The number of allylic oxidation sites excluding steroid dienone is 4. The summed E-state index contributed by atoms with van der Waals surface area (Å²) in [5.74, 6) is -1.13. The highest BCUT2D eigenvalue weighted by molar-refractivity contribution is 5.21. The number of halogens is 3. The van der Waals surface area contributed by atoms with Crippen molar-refractivity contribution < 1.29 is 13.2 Å². The Kier molecular flexibility index (Phi) is 7.84. The van der Waals surface area contributed by atoms with Crippen LogP contribution in [0.25, 0.3) is 0 Å². The Bertz CT molecular complexity index is 431. The number of aryl methyl sites for hydroxylation is 1. The lowest BCUT2D eigenvalue weighted by Crippen LogP contribution is -1.81. The summed E-state index contributed by atoms with van der Waals surface area (Å²) in [4.78, 5) is 0. The van der Waals surface area contributed by atoms with Crippen LogP contribution in [0.15, 0.2) is 41.8 Å². The molecule has 0 unspecified atom stereocenters. The second kappa shape index (κ2) is 8.56. The monoisotopic (exact) mass is 256 g/mol. The van der Waals surface area contributed by atoms with Gasteiger partial charge in [-0.25, -0.2) is 13.2 Å². The van der Waals surface area contributed by atoms with Crippen LogP contribution in [0.1, 0.15) is 32.8 Å². The van der Waals surface area contributed by atoms with Gasteiger partial charge in [0.25, 0.3) is 0 Å². The molecule has 3 heteroatoms. The molecule has 0 aliphatic carbocycles. The van der Waals surface area contributed by atoms with Crippen LogP contribution in [-0.4, -0.2) is 0 Å². The predicted molar refractivity (Wildman–Crippen MR) is 70.0 cm³/mol. The van der Waals surface area contributed by atoms with E-state index in [1.54, 1.807) is 20.8 Å². The molecule has 0 saturated carbocycles. The van der Waals surface area contributed by atoms with Gasteiger partial charge in [0.1, 0.15) is 17.5 Å². The van der Waals surface area contributed by atoms with Crippen LogP contribution in [-0.2, 0) is 0 Å². The number of benzene rings is 1. The summed E-state index contributed by atoms with van der Waals surface area (Å²) in [6, 6.07) is 3.51. The van der Waals surface area contributed by atoms with Gasteiger partial charge in [-0.05, 0) is 44.4 Å². The molecule has 100 valence electrons. The van der Waals surface area contributed by atoms with Gasteiger partial charge < -0.3 is 0 Å². The van der Waals surface area contributed by atoms with Gasteiger partial charge in [-0.15, -0.1) is 0 Å². The highest BCUT2D eigenvalue weighted by Gasteiger charge is 1.95. The van der Waals surface area contributed by atoms with E-state index in [0.717, 1.165) is 18.1 Å². The summed E-state index contributed by atoms with van der Waals surface area (Å²) in [6.07, 6.45) is 4.24. The second-order valence-corrected chi connectivity index (χ2v) is 3.83. The predicted octanol–water partition coefficient (Wildman–Crippen LogP) is 5.49. The summed E-state index contributed by atoms with van der Waals surface area (Å²) in [5, 5.41) is 0. The van der Waals surface area contributed by atoms with Gasteiger partial charge in [-0.2, -0.15) is 0 Å². The van der Waals surface area contributed by atoms with Crippen molar-refractivity contribution >= 4 is 0 Å². The van der Waals surface area contributed by atoms with Gasteiger partial charge in [0.15, 0.2) is 0 Å². The largest absolute Gasteiger partial charge is 0.207 e. The lowest BCUT2D eigenvalue weighted by atomic mass is 10.2. The SMILES string of the molecule is C/C=C(F)\C(C)=C/CC.Cc1ccc(F)cc1F. The Morgan fingerprint density at radius 3 is 2.28 bits per heavy atom. The summed E-state index contributed by atoms with van der Waals surface area (Å²) < 4.78 is 37.0. The van der Waals surface area contributed by atoms with Crippen molar-refractivity contribution in [3.8, 4) is 0 Å². The van der Waals surface area contributed by atoms with E-state index in [0.29, 0.717) is 5.56 Å². The Balaban J connectivity index is 0.000000321. The molecular weight excluding hydrogens is 237 g/mol. The molecule has 0 spiro atoms. The van der Waals surface area contributed by atoms with Gasteiger partial charge in [0.2, 0.25) is 0 Å². The molecule has 1 aromatic carbocycles. The van der Waals surface area contributed by atoms with Gasteiger partial charge in [0.05, 0.1) is 0 Å². The number of rotatable bonds is 2. The Hall–Kier alpha value is -1.51. The van der Waals surface area contributed by atoms with E-state index < -0.39 is 11.6 Å². The standard InChI is InChI=1S/C8H13F.C7H6F2/c1-4-6-7(3)8(9)5-2;1-5-2-3-6(8)4-7(5)9/h5-6H,4H2,1-3H3;2-4H,1H3/b7-6-,8-5+;. The van der Waals surface area contributed by atoms with Gasteiger partial charge in [-0.1, -0.05) is 25.1 Å². The normalized spacial score (nSPS) is 11.9. The van der Waals surface area contributed by atoms with E-state index in [1.807, 2.05) is 13.0 Å². The van der Waals surface area contributed by atoms with Gasteiger partial charge in [0, 0.05) is 6.07 Å². The third-order valence-electron chi connectivity index (χ3n) is 2.27. The van der Waals surface area contributed by atoms with Crippen LogP contribution < -0.4 is 0 Å². The number of hydrogen-bond donors (Lipinski definition) is 0. The molecule has 0 N–H and O–H groups in total. The van der Waals surface area contributed by atoms with Crippen molar-refractivity contribution in [1.29, 1.82) is 0 Å². The van der Waals surface area contributed by atoms with E-state index in [-0.39, 0.29) is 5.83 Å². The van der Waals surface area contributed by atoms with Crippen LogP contribution >= 0.6 is 0 Å². The van der Waals surface area contributed by atoms with Crippen molar-refractivity contribution in [2.24, 2.45) is 0 Å². The Morgan fingerprint density at radius 1 is 1.28 bits per heavy atom. The van der Waals surface area contributed by atoms with Crippen LogP contribution in [0, 0.1) is 18.6 Å². The van der Waals surface area contributed by atoms with Crippen molar-refractivity contribution in [2.45, 2.75) is 34.1 Å². The zero-order chi connectivity index (χ0) is 14.1. The van der Waals surface area contributed by atoms with Crippen LogP contribution in [0.2, 0.25) is 0 Å². The summed E-state index contributed by atoms with van der Waals surface area (Å²) in [7, 11) is 0. The highest BCUT2D eigenvalue weighted by Crippen LogP contribution is 2.10. The van der Waals surface area contributed by atoms with E-state index in [1.165, 1.54) is 18.2 Å². The third-order valence-corrected chi connectivity index (χ3v) is 2.27. The first kappa shape index (κ1) is 16.5. The average Bonchev–Trinajstić information content (AvgIpc) is 2.34. The van der Waals surface area contributed by atoms with Crippen molar-refractivity contribution in [1.82, 2.24) is 0 Å². The van der Waals surface area contributed by atoms with Crippen molar-refractivity contribution in [2.75, 3.05) is 0 Å². The van der Waals surface area contributed by atoms with E-state index in [2.05, 4.69) is 0 Å². The molecule has 0 nitrogen and oxygen atoms in total. The molecular formula is C15H19F3. The molecule has 18 heavy (non-hydrogen) atoms. The zero-order valence-corrected chi connectivity index (χ0v) is 11.2. The van der Waals surface area contributed by atoms with E-state index >= 15 is 0 Å². The molecule has 0 fully saturated rings.